The molecule has 0 radical (unpaired) electrons. The smallest absolute Gasteiger partial charge is 0.261 e. The molecule has 1 N–H and O–H groups in total. The maximum absolute atomic E-state index is 12.8. The maximum atomic E-state index is 12.8. The second kappa shape index (κ2) is 10.8. The summed E-state index contributed by atoms with van der Waals surface area (Å²) in [6.07, 6.45) is 6.47. The van der Waals surface area contributed by atoms with E-state index in [-0.39, 0.29) is 17.7 Å². The summed E-state index contributed by atoms with van der Waals surface area (Å²) in [6.45, 7) is 5.48. The van der Waals surface area contributed by atoms with Gasteiger partial charge in [0.2, 0.25) is 0 Å². The van der Waals surface area contributed by atoms with Crippen molar-refractivity contribution >= 4 is 17.7 Å². The van der Waals surface area contributed by atoms with E-state index < -0.39 is 0 Å². The molecular weight excluding hydrogens is 414 g/mol. The number of fused-ring (bicyclic) bond motifs is 1. The van der Waals surface area contributed by atoms with E-state index in [2.05, 4.69) is 17.1 Å². The Morgan fingerprint density at radius 2 is 1.76 bits per heavy atom. The molecule has 174 valence electrons. The largest absolute Gasteiger partial charge is 0.352 e. The zero-order chi connectivity index (χ0) is 23.2. The number of likely N-dealkylation sites (tertiary alicyclic amines) is 1. The second-order valence-electron chi connectivity index (χ2n) is 9.10. The van der Waals surface area contributed by atoms with Crippen LogP contribution in [0.1, 0.15) is 75.7 Å². The van der Waals surface area contributed by atoms with Gasteiger partial charge in [-0.25, -0.2) is 0 Å². The number of carbonyl (C=O) groups is 3. The standard InChI is InChI=1S/C27H33N3O3/c1-20-9-5-7-16-29(20)17-8-6-15-28-25(31)22-12-13-23-24(19-22)27(33)30(26(23)32)18-14-21-10-3-2-4-11-21/h2-4,10-13,19-20H,5-9,14-18H2,1H3,(H,28,31)/t20-/m0/s1. The first-order valence-electron chi connectivity index (χ1n) is 12.1. The highest BCUT2D eigenvalue weighted by molar-refractivity contribution is 6.22. The van der Waals surface area contributed by atoms with E-state index >= 15 is 0 Å². The first-order valence-corrected chi connectivity index (χ1v) is 12.1. The number of benzene rings is 2. The molecule has 0 unspecified atom stereocenters. The number of nitrogens with zero attached hydrogens (tertiary/aromatic N) is 2. The molecule has 33 heavy (non-hydrogen) atoms. The number of unbranched alkanes of at least 4 members (excludes halogenated alkanes) is 1. The third kappa shape index (κ3) is 5.50. The maximum Gasteiger partial charge on any atom is 0.261 e. The summed E-state index contributed by atoms with van der Waals surface area (Å²) in [5.41, 5.74) is 2.19. The molecule has 1 atom stereocenters. The number of imide groups is 1. The molecule has 1 saturated heterocycles. The molecule has 2 aromatic rings. The van der Waals surface area contributed by atoms with Crippen molar-refractivity contribution in [2.45, 2.75) is 51.5 Å². The number of piperidine rings is 1. The number of carbonyl (C=O) groups excluding carboxylic acids is 3. The number of amides is 3. The van der Waals surface area contributed by atoms with Crippen LogP contribution in [-0.2, 0) is 6.42 Å². The van der Waals surface area contributed by atoms with Gasteiger partial charge in [0.1, 0.15) is 0 Å². The molecule has 0 aromatic heterocycles. The van der Waals surface area contributed by atoms with Gasteiger partial charge in [-0.15, -0.1) is 0 Å². The Morgan fingerprint density at radius 3 is 2.55 bits per heavy atom. The van der Waals surface area contributed by atoms with E-state index in [1.54, 1.807) is 18.2 Å². The molecule has 2 heterocycles. The zero-order valence-corrected chi connectivity index (χ0v) is 19.4. The number of hydrogen-bond acceptors (Lipinski definition) is 4. The van der Waals surface area contributed by atoms with E-state index in [4.69, 9.17) is 0 Å². The van der Waals surface area contributed by atoms with Crippen LogP contribution in [0.15, 0.2) is 48.5 Å². The van der Waals surface area contributed by atoms with Gasteiger partial charge in [0.25, 0.3) is 17.7 Å². The molecule has 3 amide bonds. The van der Waals surface area contributed by atoms with Crippen molar-refractivity contribution in [1.82, 2.24) is 15.1 Å². The minimum absolute atomic E-state index is 0.202. The normalized spacial score (nSPS) is 18.5. The Kier molecular flexibility index (Phi) is 7.55. The molecular formula is C27H33N3O3. The molecule has 0 aliphatic carbocycles. The van der Waals surface area contributed by atoms with E-state index in [1.807, 2.05) is 30.3 Å². The van der Waals surface area contributed by atoms with Gasteiger partial charge in [-0.3, -0.25) is 19.3 Å². The van der Waals surface area contributed by atoms with Crippen LogP contribution in [0.5, 0.6) is 0 Å². The first kappa shape index (κ1) is 23.2. The summed E-state index contributed by atoms with van der Waals surface area (Å²) in [5.74, 6) is -0.812. The third-order valence-electron chi connectivity index (χ3n) is 6.80. The highest BCUT2D eigenvalue weighted by Gasteiger charge is 2.35. The molecule has 4 rings (SSSR count). The van der Waals surface area contributed by atoms with Crippen molar-refractivity contribution in [3.05, 3.63) is 70.8 Å². The monoisotopic (exact) mass is 447 g/mol. The molecule has 1 fully saturated rings. The highest BCUT2D eigenvalue weighted by Crippen LogP contribution is 2.24. The topological polar surface area (TPSA) is 69.7 Å². The Bertz CT molecular complexity index is 1000. The Balaban J connectivity index is 1.27. The lowest BCUT2D eigenvalue weighted by Crippen LogP contribution is -2.38. The van der Waals surface area contributed by atoms with Crippen LogP contribution < -0.4 is 5.32 Å². The van der Waals surface area contributed by atoms with Gasteiger partial charge < -0.3 is 10.2 Å². The summed E-state index contributed by atoms with van der Waals surface area (Å²) in [4.78, 5) is 42.0. The molecule has 0 bridgehead atoms. The fourth-order valence-electron chi connectivity index (χ4n) is 4.75. The third-order valence-corrected chi connectivity index (χ3v) is 6.80. The van der Waals surface area contributed by atoms with E-state index in [9.17, 15) is 14.4 Å². The lowest BCUT2D eigenvalue weighted by Gasteiger charge is -2.33. The molecule has 0 saturated carbocycles. The van der Waals surface area contributed by atoms with Gasteiger partial charge in [0, 0.05) is 24.7 Å². The Hall–Kier alpha value is -2.99. The van der Waals surface area contributed by atoms with E-state index in [0.717, 1.165) is 24.9 Å². The quantitative estimate of drug-likeness (QED) is 0.467. The van der Waals surface area contributed by atoms with Crippen LogP contribution in [0.25, 0.3) is 0 Å². The van der Waals surface area contributed by atoms with E-state index in [0.29, 0.717) is 42.2 Å². The van der Waals surface area contributed by atoms with Crippen LogP contribution in [0.3, 0.4) is 0 Å². The van der Waals surface area contributed by atoms with Gasteiger partial charge in [-0.1, -0.05) is 36.8 Å². The van der Waals surface area contributed by atoms with Crippen LogP contribution in [-0.4, -0.2) is 59.7 Å². The predicted octanol–water partition coefficient (Wildman–Crippen LogP) is 3.91. The van der Waals surface area contributed by atoms with Crippen LogP contribution in [0.2, 0.25) is 0 Å². The summed E-state index contributed by atoms with van der Waals surface area (Å²) >= 11 is 0. The average molecular weight is 448 g/mol. The molecule has 0 spiro atoms. The minimum atomic E-state index is -0.323. The molecule has 6 heteroatoms. The van der Waals surface area contributed by atoms with Crippen molar-refractivity contribution in [2.75, 3.05) is 26.2 Å². The van der Waals surface area contributed by atoms with Crippen molar-refractivity contribution in [3.63, 3.8) is 0 Å². The Morgan fingerprint density at radius 1 is 0.970 bits per heavy atom. The van der Waals surface area contributed by atoms with Gasteiger partial charge in [-0.05, 0) is 75.9 Å². The average Bonchev–Trinajstić information content (AvgIpc) is 3.08. The second-order valence-corrected chi connectivity index (χ2v) is 9.10. The summed E-state index contributed by atoms with van der Waals surface area (Å²) in [6, 6.07) is 15.2. The lowest BCUT2D eigenvalue weighted by atomic mass is 10.0. The summed E-state index contributed by atoms with van der Waals surface area (Å²) in [5, 5.41) is 2.96. The molecule has 2 aromatic carbocycles. The minimum Gasteiger partial charge on any atom is -0.352 e. The molecule has 6 nitrogen and oxygen atoms in total. The Labute approximate surface area is 196 Å². The van der Waals surface area contributed by atoms with Gasteiger partial charge >= 0.3 is 0 Å². The van der Waals surface area contributed by atoms with Crippen LogP contribution in [0.4, 0.5) is 0 Å². The number of rotatable bonds is 9. The van der Waals surface area contributed by atoms with Gasteiger partial charge in [0.05, 0.1) is 11.1 Å². The fraction of sp³-hybridized carbons (Fsp3) is 0.444. The predicted molar refractivity (Wildman–Crippen MR) is 128 cm³/mol. The summed E-state index contributed by atoms with van der Waals surface area (Å²) in [7, 11) is 0. The molecule has 2 aliphatic rings. The van der Waals surface area contributed by atoms with Gasteiger partial charge in [-0.2, -0.15) is 0 Å². The van der Waals surface area contributed by atoms with Crippen molar-refractivity contribution in [3.8, 4) is 0 Å². The van der Waals surface area contributed by atoms with Crippen LogP contribution in [0, 0.1) is 0 Å². The first-order chi connectivity index (χ1) is 16.0. The SMILES string of the molecule is C[C@H]1CCCCN1CCCCNC(=O)c1ccc2c(c1)C(=O)N(CCc1ccccc1)C2=O. The number of nitrogens with one attached hydrogen (secondary N) is 1. The fourth-order valence-corrected chi connectivity index (χ4v) is 4.75. The van der Waals surface area contributed by atoms with E-state index in [1.165, 1.54) is 30.7 Å². The van der Waals surface area contributed by atoms with Crippen molar-refractivity contribution < 1.29 is 14.4 Å². The van der Waals surface area contributed by atoms with Crippen molar-refractivity contribution in [2.24, 2.45) is 0 Å². The zero-order valence-electron chi connectivity index (χ0n) is 19.4. The van der Waals surface area contributed by atoms with Gasteiger partial charge in [0.15, 0.2) is 0 Å². The lowest BCUT2D eigenvalue weighted by molar-refractivity contribution is 0.0656. The number of hydrogen-bond donors (Lipinski definition) is 1. The molecule has 2 aliphatic heterocycles. The van der Waals surface area contributed by atoms with Crippen molar-refractivity contribution in [1.29, 1.82) is 0 Å². The van der Waals surface area contributed by atoms with Crippen LogP contribution >= 0.6 is 0 Å². The summed E-state index contributed by atoms with van der Waals surface area (Å²) < 4.78 is 0. The highest BCUT2D eigenvalue weighted by atomic mass is 16.2.